The molecule has 0 aliphatic rings. The van der Waals surface area contributed by atoms with Crippen molar-refractivity contribution in [2.75, 3.05) is 18.6 Å². The van der Waals surface area contributed by atoms with Gasteiger partial charge in [0.2, 0.25) is 5.82 Å². The molecule has 19 heavy (non-hydrogen) atoms. The maximum atomic E-state index is 13.4. The summed E-state index contributed by atoms with van der Waals surface area (Å²) in [6.45, 7) is 0.563. The third-order valence-corrected chi connectivity index (χ3v) is 3.28. The zero-order chi connectivity index (χ0) is 14.4. The fourth-order valence-electron chi connectivity index (χ4n) is 1.48. The van der Waals surface area contributed by atoms with E-state index in [1.54, 1.807) is 6.26 Å². The Bertz CT molecular complexity index is 497. The van der Waals surface area contributed by atoms with Gasteiger partial charge in [-0.05, 0) is 13.0 Å². The van der Waals surface area contributed by atoms with Crippen LogP contribution in [0, 0.1) is 21.7 Å². The van der Waals surface area contributed by atoms with Crippen LogP contribution in [0.5, 0.6) is 0 Å². The summed E-state index contributed by atoms with van der Waals surface area (Å²) < 4.78 is 37.3. The van der Waals surface area contributed by atoms with Crippen LogP contribution in [-0.2, 0) is 17.3 Å². The van der Waals surface area contributed by atoms with Crippen molar-refractivity contribution in [2.24, 2.45) is 0 Å². The van der Waals surface area contributed by atoms with Crippen molar-refractivity contribution in [1.82, 2.24) is 5.32 Å². The molecule has 0 amide bonds. The minimum Gasteiger partial charge on any atom is -0.313 e. The molecule has 106 valence electrons. The Morgan fingerprint density at radius 1 is 1.37 bits per heavy atom. The van der Waals surface area contributed by atoms with Crippen LogP contribution in [0.2, 0.25) is 0 Å². The molecule has 1 atom stereocenters. The fraction of sp³-hybridized carbons (Fsp3) is 0.455. The Morgan fingerprint density at radius 3 is 2.63 bits per heavy atom. The van der Waals surface area contributed by atoms with Gasteiger partial charge in [0.25, 0.3) is 0 Å². The van der Waals surface area contributed by atoms with Gasteiger partial charge in [-0.1, -0.05) is 0 Å². The molecule has 5 nitrogen and oxygen atoms in total. The molecule has 0 radical (unpaired) electrons. The Hall–Kier alpha value is -1.41. The maximum Gasteiger partial charge on any atom is 0.305 e. The number of nitro groups is 1. The number of nitro benzene ring substituents is 1. The smallest absolute Gasteiger partial charge is 0.305 e. The summed E-state index contributed by atoms with van der Waals surface area (Å²) in [5, 5.41) is 13.4. The van der Waals surface area contributed by atoms with Crippen molar-refractivity contribution in [3.05, 3.63) is 39.4 Å². The Labute approximate surface area is 111 Å². The zero-order valence-electron chi connectivity index (χ0n) is 10.3. The molecule has 1 N–H and O–H groups in total. The molecule has 1 rings (SSSR count). The standard InChI is InChI=1S/C11H14F2N2O3S/c1-19(18)4-2-3-14-7-8-5-11(15(16)17)10(13)6-9(8)12/h5-6,14H,2-4,7H2,1H3. The topological polar surface area (TPSA) is 72.2 Å². The van der Waals surface area contributed by atoms with E-state index in [0.29, 0.717) is 24.8 Å². The second-order valence-corrected chi connectivity index (χ2v) is 5.51. The highest BCUT2D eigenvalue weighted by Gasteiger charge is 2.18. The Kier molecular flexibility index (Phi) is 5.97. The number of rotatable bonds is 7. The van der Waals surface area contributed by atoms with Crippen molar-refractivity contribution in [3.63, 3.8) is 0 Å². The van der Waals surface area contributed by atoms with Gasteiger partial charge in [-0.25, -0.2) is 4.39 Å². The molecule has 0 spiro atoms. The van der Waals surface area contributed by atoms with E-state index >= 15 is 0 Å². The van der Waals surface area contributed by atoms with Crippen LogP contribution in [0.3, 0.4) is 0 Å². The molecule has 8 heteroatoms. The van der Waals surface area contributed by atoms with Crippen molar-refractivity contribution >= 4 is 16.5 Å². The second kappa shape index (κ2) is 7.25. The van der Waals surface area contributed by atoms with Gasteiger partial charge in [0.15, 0.2) is 0 Å². The van der Waals surface area contributed by atoms with E-state index in [0.717, 1.165) is 6.07 Å². The molecule has 0 saturated carbocycles. The molecular weight excluding hydrogens is 278 g/mol. The number of nitrogens with zero attached hydrogens (tertiary/aromatic N) is 1. The average molecular weight is 292 g/mol. The van der Waals surface area contributed by atoms with Crippen molar-refractivity contribution in [3.8, 4) is 0 Å². The highest BCUT2D eigenvalue weighted by molar-refractivity contribution is 7.84. The number of hydrogen-bond donors (Lipinski definition) is 1. The molecule has 1 aromatic rings. The van der Waals surface area contributed by atoms with Crippen LogP contribution in [0.1, 0.15) is 12.0 Å². The van der Waals surface area contributed by atoms with E-state index in [1.165, 1.54) is 0 Å². The molecule has 0 fully saturated rings. The predicted molar refractivity (Wildman–Crippen MR) is 68.3 cm³/mol. The Morgan fingerprint density at radius 2 is 2.05 bits per heavy atom. The lowest BCUT2D eigenvalue weighted by Crippen LogP contribution is -2.17. The largest absolute Gasteiger partial charge is 0.313 e. The van der Waals surface area contributed by atoms with E-state index < -0.39 is 33.0 Å². The summed E-state index contributed by atoms with van der Waals surface area (Å²) in [5.74, 6) is -1.48. The summed E-state index contributed by atoms with van der Waals surface area (Å²) in [5.41, 5.74) is -0.710. The first-order valence-electron chi connectivity index (χ1n) is 5.55. The van der Waals surface area contributed by atoms with Gasteiger partial charge in [-0.3, -0.25) is 14.3 Å². The molecule has 0 aromatic heterocycles. The first-order valence-corrected chi connectivity index (χ1v) is 7.27. The highest BCUT2D eigenvalue weighted by Crippen LogP contribution is 2.21. The molecule has 1 aromatic carbocycles. The van der Waals surface area contributed by atoms with Crippen LogP contribution in [-0.4, -0.2) is 27.7 Å². The SMILES string of the molecule is CS(=O)CCCNCc1cc([N+](=O)[O-])c(F)cc1F. The van der Waals surface area contributed by atoms with Crippen LogP contribution < -0.4 is 5.32 Å². The molecule has 0 aliphatic carbocycles. The van der Waals surface area contributed by atoms with Crippen LogP contribution in [0.4, 0.5) is 14.5 Å². The van der Waals surface area contributed by atoms with Crippen LogP contribution >= 0.6 is 0 Å². The summed E-state index contributed by atoms with van der Waals surface area (Å²) >= 11 is 0. The lowest BCUT2D eigenvalue weighted by Gasteiger charge is -2.06. The van der Waals surface area contributed by atoms with Crippen LogP contribution in [0.15, 0.2) is 12.1 Å². The third kappa shape index (κ3) is 4.99. The lowest BCUT2D eigenvalue weighted by atomic mass is 10.1. The van der Waals surface area contributed by atoms with E-state index in [9.17, 15) is 23.1 Å². The highest BCUT2D eigenvalue weighted by atomic mass is 32.2. The lowest BCUT2D eigenvalue weighted by molar-refractivity contribution is -0.387. The molecule has 0 aliphatic heterocycles. The van der Waals surface area contributed by atoms with Gasteiger partial charge in [-0.15, -0.1) is 0 Å². The molecule has 0 bridgehead atoms. The van der Waals surface area contributed by atoms with E-state index in [2.05, 4.69) is 5.32 Å². The quantitative estimate of drug-likeness (QED) is 0.472. The van der Waals surface area contributed by atoms with Crippen LogP contribution in [0.25, 0.3) is 0 Å². The minimum atomic E-state index is -1.19. The summed E-state index contributed by atoms with van der Waals surface area (Å²) in [6, 6.07) is 1.39. The van der Waals surface area contributed by atoms with Crippen molar-refractivity contribution in [2.45, 2.75) is 13.0 Å². The molecule has 1 unspecified atom stereocenters. The fourth-order valence-corrected chi connectivity index (χ4v) is 2.03. The maximum absolute atomic E-state index is 13.4. The number of halogens is 2. The molecule has 0 heterocycles. The molecule has 0 saturated heterocycles. The summed E-state index contributed by atoms with van der Waals surface area (Å²) in [7, 11) is -0.884. The first kappa shape index (κ1) is 15.6. The van der Waals surface area contributed by atoms with Gasteiger partial charge in [0, 0.05) is 47.0 Å². The van der Waals surface area contributed by atoms with E-state index in [-0.39, 0.29) is 12.1 Å². The van der Waals surface area contributed by atoms with Gasteiger partial charge >= 0.3 is 5.69 Å². The summed E-state index contributed by atoms with van der Waals surface area (Å²) in [4.78, 5) is 9.64. The second-order valence-electron chi connectivity index (χ2n) is 3.96. The van der Waals surface area contributed by atoms with Gasteiger partial charge in [0.05, 0.1) is 4.92 Å². The van der Waals surface area contributed by atoms with Gasteiger partial charge in [0.1, 0.15) is 5.82 Å². The number of nitrogens with one attached hydrogen (secondary N) is 1. The third-order valence-electron chi connectivity index (χ3n) is 2.41. The van der Waals surface area contributed by atoms with Gasteiger partial charge in [-0.2, -0.15) is 4.39 Å². The normalized spacial score (nSPS) is 12.4. The van der Waals surface area contributed by atoms with E-state index in [4.69, 9.17) is 0 Å². The minimum absolute atomic E-state index is 0.0331. The zero-order valence-corrected chi connectivity index (χ0v) is 11.1. The van der Waals surface area contributed by atoms with Gasteiger partial charge < -0.3 is 5.32 Å². The first-order chi connectivity index (χ1) is 8.91. The average Bonchev–Trinajstić information content (AvgIpc) is 2.30. The van der Waals surface area contributed by atoms with Crippen molar-refractivity contribution in [1.29, 1.82) is 0 Å². The molecular formula is C11H14F2N2O3S. The van der Waals surface area contributed by atoms with E-state index in [1.807, 2.05) is 0 Å². The Balaban J connectivity index is 2.60. The number of hydrogen-bond acceptors (Lipinski definition) is 4. The predicted octanol–water partition coefficient (Wildman–Crippen LogP) is 1.73. The summed E-state index contributed by atoms with van der Waals surface area (Å²) in [6.07, 6.45) is 2.23. The van der Waals surface area contributed by atoms with Crippen molar-refractivity contribution < 1.29 is 17.9 Å². The number of benzene rings is 1. The monoisotopic (exact) mass is 292 g/mol.